The summed E-state index contributed by atoms with van der Waals surface area (Å²) in [7, 11) is 0. The monoisotopic (exact) mass is 274 g/mol. The molecule has 0 unspecified atom stereocenters. The van der Waals surface area contributed by atoms with Gasteiger partial charge in [0, 0.05) is 31.3 Å². The molecule has 106 valence electrons. The molecule has 1 saturated heterocycles. The highest BCUT2D eigenvalue weighted by atomic mass is 16.6. The first-order chi connectivity index (χ1) is 9.56. The average molecular weight is 274 g/mol. The van der Waals surface area contributed by atoms with Crippen LogP contribution in [0, 0.1) is 16.0 Å². The van der Waals surface area contributed by atoms with Gasteiger partial charge in [-0.3, -0.25) is 14.9 Å². The third-order valence-corrected chi connectivity index (χ3v) is 3.59. The van der Waals surface area contributed by atoms with Crippen molar-refractivity contribution < 1.29 is 9.72 Å². The number of nitro benzene ring substituents is 1. The molecule has 20 heavy (non-hydrogen) atoms. The summed E-state index contributed by atoms with van der Waals surface area (Å²) >= 11 is 0. The topological polar surface area (TPSA) is 63.5 Å². The number of likely N-dealkylation sites (tertiary alicyclic amines) is 1. The van der Waals surface area contributed by atoms with Gasteiger partial charge in [-0.05, 0) is 30.4 Å². The van der Waals surface area contributed by atoms with Crippen LogP contribution in [0.2, 0.25) is 0 Å². The van der Waals surface area contributed by atoms with Crippen molar-refractivity contribution in [3.63, 3.8) is 0 Å². The van der Waals surface area contributed by atoms with Crippen molar-refractivity contribution in [3.8, 4) is 0 Å². The Morgan fingerprint density at radius 2 is 2.10 bits per heavy atom. The van der Waals surface area contributed by atoms with Gasteiger partial charge in [0.05, 0.1) is 4.92 Å². The number of benzene rings is 1. The van der Waals surface area contributed by atoms with Crippen LogP contribution in [0.1, 0.15) is 25.3 Å². The number of nitro groups is 1. The molecule has 1 aliphatic heterocycles. The number of rotatable bonds is 3. The summed E-state index contributed by atoms with van der Waals surface area (Å²) in [5.41, 5.74) is 0.698. The van der Waals surface area contributed by atoms with Crippen molar-refractivity contribution in [3.05, 3.63) is 46.0 Å². The van der Waals surface area contributed by atoms with Crippen molar-refractivity contribution in [1.29, 1.82) is 0 Å². The molecule has 0 aromatic heterocycles. The molecular weight excluding hydrogens is 256 g/mol. The van der Waals surface area contributed by atoms with Crippen LogP contribution in [-0.4, -0.2) is 28.8 Å². The standard InChI is InChI=1S/C15H18N2O3/c1-12-7-9-16(10-8-12)15(18)6-5-13-3-2-4-14(11-13)17(19)20/h2-6,11-12H,7-10H2,1H3/b6-5+. The quantitative estimate of drug-likeness (QED) is 0.483. The van der Waals surface area contributed by atoms with Crippen LogP contribution < -0.4 is 0 Å². The molecule has 1 heterocycles. The van der Waals surface area contributed by atoms with Crippen molar-refractivity contribution in [2.45, 2.75) is 19.8 Å². The fourth-order valence-corrected chi connectivity index (χ4v) is 2.24. The zero-order chi connectivity index (χ0) is 14.5. The molecule has 1 amide bonds. The smallest absolute Gasteiger partial charge is 0.270 e. The Morgan fingerprint density at radius 3 is 2.75 bits per heavy atom. The predicted octanol–water partition coefficient (Wildman–Crippen LogP) is 2.87. The average Bonchev–Trinajstić information content (AvgIpc) is 2.46. The fourth-order valence-electron chi connectivity index (χ4n) is 2.24. The zero-order valence-electron chi connectivity index (χ0n) is 11.5. The highest BCUT2D eigenvalue weighted by molar-refractivity contribution is 5.91. The van der Waals surface area contributed by atoms with Crippen LogP contribution in [0.4, 0.5) is 5.69 Å². The molecule has 1 aromatic rings. The Kier molecular flexibility index (Phi) is 4.50. The van der Waals surface area contributed by atoms with Crippen LogP contribution in [0.15, 0.2) is 30.3 Å². The number of hydrogen-bond donors (Lipinski definition) is 0. The molecule has 0 N–H and O–H groups in total. The molecule has 0 atom stereocenters. The third kappa shape index (κ3) is 3.66. The van der Waals surface area contributed by atoms with Gasteiger partial charge in [0.15, 0.2) is 0 Å². The van der Waals surface area contributed by atoms with Gasteiger partial charge in [-0.15, -0.1) is 0 Å². The molecule has 5 heteroatoms. The number of hydrogen-bond acceptors (Lipinski definition) is 3. The van der Waals surface area contributed by atoms with E-state index in [0.29, 0.717) is 11.5 Å². The van der Waals surface area contributed by atoms with E-state index in [1.807, 2.05) is 4.90 Å². The lowest BCUT2D eigenvalue weighted by Gasteiger charge is -2.29. The lowest BCUT2D eigenvalue weighted by atomic mass is 9.99. The minimum Gasteiger partial charge on any atom is -0.339 e. The van der Waals surface area contributed by atoms with Crippen LogP contribution >= 0.6 is 0 Å². The Morgan fingerprint density at radius 1 is 1.40 bits per heavy atom. The van der Waals surface area contributed by atoms with Crippen LogP contribution in [-0.2, 0) is 4.79 Å². The number of carbonyl (C=O) groups is 1. The predicted molar refractivity (Wildman–Crippen MR) is 77.1 cm³/mol. The van der Waals surface area contributed by atoms with Crippen LogP contribution in [0.3, 0.4) is 0 Å². The van der Waals surface area contributed by atoms with Crippen molar-refractivity contribution >= 4 is 17.7 Å². The first-order valence-corrected chi connectivity index (χ1v) is 6.77. The molecule has 0 spiro atoms. The Balaban J connectivity index is 2.00. The van der Waals surface area contributed by atoms with E-state index in [4.69, 9.17) is 0 Å². The summed E-state index contributed by atoms with van der Waals surface area (Å²) in [4.78, 5) is 24.1. The Labute approximate surface area is 118 Å². The van der Waals surface area contributed by atoms with E-state index in [1.54, 1.807) is 18.2 Å². The van der Waals surface area contributed by atoms with Crippen molar-refractivity contribution in [2.24, 2.45) is 5.92 Å². The fraction of sp³-hybridized carbons (Fsp3) is 0.400. The normalized spacial score (nSPS) is 16.6. The van der Waals surface area contributed by atoms with Gasteiger partial charge in [0.25, 0.3) is 5.69 Å². The molecule has 0 radical (unpaired) electrons. The number of non-ortho nitro benzene ring substituents is 1. The Bertz CT molecular complexity index is 532. The van der Waals surface area contributed by atoms with Gasteiger partial charge in [-0.25, -0.2) is 0 Å². The van der Waals surface area contributed by atoms with E-state index in [2.05, 4.69) is 6.92 Å². The molecule has 0 saturated carbocycles. The molecule has 5 nitrogen and oxygen atoms in total. The van der Waals surface area contributed by atoms with E-state index in [1.165, 1.54) is 18.2 Å². The molecular formula is C15H18N2O3. The molecule has 2 rings (SSSR count). The van der Waals surface area contributed by atoms with Gasteiger partial charge in [-0.1, -0.05) is 19.1 Å². The number of carbonyl (C=O) groups excluding carboxylic acids is 1. The minimum atomic E-state index is -0.439. The lowest BCUT2D eigenvalue weighted by Crippen LogP contribution is -2.36. The van der Waals surface area contributed by atoms with Gasteiger partial charge in [0.2, 0.25) is 5.91 Å². The molecule has 1 aromatic carbocycles. The number of piperidine rings is 1. The SMILES string of the molecule is CC1CCN(C(=O)/C=C/c2cccc([N+](=O)[O-])c2)CC1. The largest absolute Gasteiger partial charge is 0.339 e. The zero-order valence-corrected chi connectivity index (χ0v) is 11.5. The summed E-state index contributed by atoms with van der Waals surface area (Å²) in [6.07, 6.45) is 5.20. The Hall–Kier alpha value is -2.17. The highest BCUT2D eigenvalue weighted by Crippen LogP contribution is 2.17. The summed E-state index contributed by atoms with van der Waals surface area (Å²) in [5, 5.41) is 10.7. The van der Waals surface area contributed by atoms with Gasteiger partial charge in [0.1, 0.15) is 0 Å². The highest BCUT2D eigenvalue weighted by Gasteiger charge is 2.18. The summed E-state index contributed by atoms with van der Waals surface area (Å²) < 4.78 is 0. The van der Waals surface area contributed by atoms with Crippen LogP contribution in [0.5, 0.6) is 0 Å². The summed E-state index contributed by atoms with van der Waals surface area (Å²) in [6.45, 7) is 3.78. The maximum atomic E-state index is 12.0. The van der Waals surface area contributed by atoms with Gasteiger partial charge in [-0.2, -0.15) is 0 Å². The van der Waals surface area contributed by atoms with E-state index < -0.39 is 4.92 Å². The third-order valence-electron chi connectivity index (χ3n) is 3.59. The molecule has 1 aliphatic rings. The van der Waals surface area contributed by atoms with Gasteiger partial charge >= 0.3 is 0 Å². The first-order valence-electron chi connectivity index (χ1n) is 6.77. The summed E-state index contributed by atoms with van der Waals surface area (Å²) in [6, 6.07) is 6.26. The maximum Gasteiger partial charge on any atom is 0.270 e. The second kappa shape index (κ2) is 6.32. The van der Waals surface area contributed by atoms with E-state index in [-0.39, 0.29) is 11.6 Å². The number of nitrogens with zero attached hydrogens (tertiary/aromatic N) is 2. The second-order valence-electron chi connectivity index (χ2n) is 5.19. The van der Waals surface area contributed by atoms with Gasteiger partial charge < -0.3 is 4.90 Å². The molecule has 1 fully saturated rings. The number of amides is 1. The summed E-state index contributed by atoms with van der Waals surface area (Å²) in [5.74, 6) is 0.656. The molecule has 0 aliphatic carbocycles. The van der Waals surface area contributed by atoms with E-state index in [0.717, 1.165) is 25.9 Å². The maximum absolute atomic E-state index is 12.0. The van der Waals surface area contributed by atoms with Crippen molar-refractivity contribution in [1.82, 2.24) is 4.90 Å². The van der Waals surface area contributed by atoms with E-state index >= 15 is 0 Å². The first kappa shape index (κ1) is 14.2. The lowest BCUT2D eigenvalue weighted by molar-refractivity contribution is -0.384. The molecule has 0 bridgehead atoms. The second-order valence-corrected chi connectivity index (χ2v) is 5.19. The van der Waals surface area contributed by atoms with Crippen molar-refractivity contribution in [2.75, 3.05) is 13.1 Å². The minimum absolute atomic E-state index is 0.0246. The van der Waals surface area contributed by atoms with E-state index in [9.17, 15) is 14.9 Å². The van der Waals surface area contributed by atoms with Crippen LogP contribution in [0.25, 0.3) is 6.08 Å².